The SMILES string of the molecule is Cc1nc(C(=O)N2CCC(C)CC2)cs1. The number of aryl methyl sites for hydroxylation is 1. The summed E-state index contributed by atoms with van der Waals surface area (Å²) in [6.07, 6.45) is 2.24. The Bertz CT molecular complexity index is 353. The van der Waals surface area contributed by atoms with E-state index in [2.05, 4.69) is 11.9 Å². The summed E-state index contributed by atoms with van der Waals surface area (Å²) in [6.45, 7) is 5.95. The average Bonchev–Trinajstić information content (AvgIpc) is 2.65. The lowest BCUT2D eigenvalue weighted by Gasteiger charge is -2.29. The lowest BCUT2D eigenvalue weighted by atomic mass is 9.99. The molecule has 1 fully saturated rings. The van der Waals surface area contributed by atoms with Crippen LogP contribution in [0.4, 0.5) is 0 Å². The maximum absolute atomic E-state index is 12.0. The van der Waals surface area contributed by atoms with Crippen molar-refractivity contribution in [2.75, 3.05) is 13.1 Å². The van der Waals surface area contributed by atoms with Crippen molar-refractivity contribution in [1.29, 1.82) is 0 Å². The number of nitrogens with zero attached hydrogens (tertiary/aromatic N) is 2. The minimum Gasteiger partial charge on any atom is -0.337 e. The summed E-state index contributed by atoms with van der Waals surface area (Å²) in [4.78, 5) is 18.1. The second kappa shape index (κ2) is 4.31. The summed E-state index contributed by atoms with van der Waals surface area (Å²) in [5.74, 6) is 0.859. The molecular weight excluding hydrogens is 208 g/mol. The van der Waals surface area contributed by atoms with E-state index in [0.717, 1.165) is 36.9 Å². The zero-order chi connectivity index (χ0) is 10.8. The van der Waals surface area contributed by atoms with Gasteiger partial charge in [-0.25, -0.2) is 4.98 Å². The Labute approximate surface area is 94.1 Å². The first-order valence-corrected chi connectivity index (χ1v) is 6.26. The van der Waals surface area contributed by atoms with Crippen molar-refractivity contribution in [3.63, 3.8) is 0 Å². The lowest BCUT2D eigenvalue weighted by Crippen LogP contribution is -2.38. The molecule has 0 bridgehead atoms. The lowest BCUT2D eigenvalue weighted by molar-refractivity contribution is 0.0692. The molecule has 4 heteroatoms. The second-order valence-corrected chi connectivity index (χ2v) is 5.29. The summed E-state index contributed by atoms with van der Waals surface area (Å²) in [5, 5.41) is 2.82. The molecule has 1 saturated heterocycles. The molecule has 0 aliphatic carbocycles. The highest BCUT2D eigenvalue weighted by atomic mass is 32.1. The monoisotopic (exact) mass is 224 g/mol. The fraction of sp³-hybridized carbons (Fsp3) is 0.636. The summed E-state index contributed by atoms with van der Waals surface area (Å²) in [6, 6.07) is 0. The van der Waals surface area contributed by atoms with Crippen molar-refractivity contribution >= 4 is 17.2 Å². The molecule has 0 atom stereocenters. The Hall–Kier alpha value is -0.900. The number of rotatable bonds is 1. The number of likely N-dealkylation sites (tertiary alicyclic amines) is 1. The normalized spacial score (nSPS) is 18.1. The molecule has 0 spiro atoms. The van der Waals surface area contributed by atoms with Crippen LogP contribution in [0.3, 0.4) is 0 Å². The van der Waals surface area contributed by atoms with Crippen LogP contribution in [0.2, 0.25) is 0 Å². The van der Waals surface area contributed by atoms with Crippen LogP contribution in [0.15, 0.2) is 5.38 Å². The fourth-order valence-corrected chi connectivity index (χ4v) is 2.42. The molecule has 0 aromatic carbocycles. The zero-order valence-corrected chi connectivity index (χ0v) is 10.0. The molecule has 2 heterocycles. The Balaban J connectivity index is 2.02. The number of amides is 1. The Kier molecular flexibility index (Phi) is 3.05. The van der Waals surface area contributed by atoms with E-state index in [1.165, 1.54) is 11.3 Å². The highest BCUT2D eigenvalue weighted by Gasteiger charge is 2.22. The first kappa shape index (κ1) is 10.6. The largest absolute Gasteiger partial charge is 0.337 e. The molecule has 1 amide bonds. The van der Waals surface area contributed by atoms with E-state index in [1.54, 1.807) is 0 Å². The van der Waals surface area contributed by atoms with Crippen molar-refractivity contribution in [2.45, 2.75) is 26.7 Å². The van der Waals surface area contributed by atoms with Gasteiger partial charge in [0.05, 0.1) is 5.01 Å². The second-order valence-electron chi connectivity index (χ2n) is 4.23. The molecule has 82 valence electrons. The minimum atomic E-state index is 0.103. The highest BCUT2D eigenvalue weighted by molar-refractivity contribution is 7.09. The Morgan fingerprint density at radius 3 is 2.73 bits per heavy atom. The van der Waals surface area contributed by atoms with E-state index in [-0.39, 0.29) is 5.91 Å². The van der Waals surface area contributed by atoms with Gasteiger partial charge in [-0.15, -0.1) is 11.3 Å². The van der Waals surface area contributed by atoms with Crippen LogP contribution in [0.1, 0.15) is 35.3 Å². The van der Waals surface area contributed by atoms with Gasteiger partial charge in [0.2, 0.25) is 0 Å². The molecule has 3 nitrogen and oxygen atoms in total. The van der Waals surface area contributed by atoms with Crippen molar-refractivity contribution < 1.29 is 4.79 Å². The van der Waals surface area contributed by atoms with Gasteiger partial charge < -0.3 is 4.90 Å². The van der Waals surface area contributed by atoms with E-state index in [4.69, 9.17) is 0 Å². The predicted octanol–water partition coefficient (Wildman–Crippen LogP) is 2.32. The molecule has 0 unspecified atom stereocenters. The summed E-state index contributed by atoms with van der Waals surface area (Å²) in [5.41, 5.74) is 0.618. The van der Waals surface area contributed by atoms with E-state index in [0.29, 0.717) is 5.69 Å². The smallest absolute Gasteiger partial charge is 0.273 e. The van der Waals surface area contributed by atoms with Gasteiger partial charge in [-0.3, -0.25) is 4.79 Å². The Morgan fingerprint density at radius 1 is 1.53 bits per heavy atom. The van der Waals surface area contributed by atoms with Crippen LogP contribution in [0, 0.1) is 12.8 Å². The first-order chi connectivity index (χ1) is 7.16. The predicted molar refractivity (Wildman–Crippen MR) is 61.2 cm³/mol. The van der Waals surface area contributed by atoms with Gasteiger partial charge in [-0.1, -0.05) is 6.92 Å². The van der Waals surface area contributed by atoms with Gasteiger partial charge in [-0.05, 0) is 25.7 Å². The third-order valence-electron chi connectivity index (χ3n) is 2.91. The van der Waals surface area contributed by atoms with E-state index >= 15 is 0 Å². The molecule has 15 heavy (non-hydrogen) atoms. The minimum absolute atomic E-state index is 0.103. The topological polar surface area (TPSA) is 33.2 Å². The molecule has 0 N–H and O–H groups in total. The van der Waals surface area contributed by atoms with Crippen molar-refractivity contribution in [1.82, 2.24) is 9.88 Å². The van der Waals surface area contributed by atoms with Gasteiger partial charge in [-0.2, -0.15) is 0 Å². The Morgan fingerprint density at radius 2 is 2.20 bits per heavy atom. The van der Waals surface area contributed by atoms with E-state index < -0.39 is 0 Å². The molecular formula is C11H16N2OS. The molecule has 1 aromatic rings. The van der Waals surface area contributed by atoms with Crippen LogP contribution < -0.4 is 0 Å². The van der Waals surface area contributed by atoms with Crippen molar-refractivity contribution in [3.05, 3.63) is 16.1 Å². The van der Waals surface area contributed by atoms with Gasteiger partial charge in [0.15, 0.2) is 0 Å². The molecule has 1 aliphatic rings. The van der Waals surface area contributed by atoms with Crippen molar-refractivity contribution in [3.8, 4) is 0 Å². The van der Waals surface area contributed by atoms with Gasteiger partial charge in [0, 0.05) is 18.5 Å². The zero-order valence-electron chi connectivity index (χ0n) is 9.19. The number of aromatic nitrogens is 1. The van der Waals surface area contributed by atoms with Crippen LogP contribution in [0.5, 0.6) is 0 Å². The number of thiazole rings is 1. The van der Waals surface area contributed by atoms with Crippen LogP contribution >= 0.6 is 11.3 Å². The van der Waals surface area contributed by atoms with Gasteiger partial charge in [0.25, 0.3) is 5.91 Å². The van der Waals surface area contributed by atoms with Gasteiger partial charge >= 0.3 is 0 Å². The highest BCUT2D eigenvalue weighted by Crippen LogP contribution is 2.18. The summed E-state index contributed by atoms with van der Waals surface area (Å²) in [7, 11) is 0. The summed E-state index contributed by atoms with van der Waals surface area (Å²) >= 11 is 1.54. The number of carbonyl (C=O) groups excluding carboxylic acids is 1. The third kappa shape index (κ3) is 2.37. The summed E-state index contributed by atoms with van der Waals surface area (Å²) < 4.78 is 0. The van der Waals surface area contributed by atoms with Crippen molar-refractivity contribution in [2.24, 2.45) is 5.92 Å². The molecule has 1 aromatic heterocycles. The van der Waals surface area contributed by atoms with Crippen LogP contribution in [-0.2, 0) is 0 Å². The molecule has 1 aliphatic heterocycles. The maximum atomic E-state index is 12.0. The number of hydrogen-bond acceptors (Lipinski definition) is 3. The van der Waals surface area contributed by atoms with Crippen LogP contribution in [-0.4, -0.2) is 28.9 Å². The molecule has 2 rings (SSSR count). The van der Waals surface area contributed by atoms with Gasteiger partial charge in [0.1, 0.15) is 5.69 Å². The van der Waals surface area contributed by atoms with Crippen LogP contribution in [0.25, 0.3) is 0 Å². The molecule has 0 saturated carbocycles. The number of piperidine rings is 1. The van der Waals surface area contributed by atoms with E-state index in [9.17, 15) is 4.79 Å². The average molecular weight is 224 g/mol. The standard InChI is InChI=1S/C11H16N2OS/c1-8-3-5-13(6-4-8)11(14)10-7-15-9(2)12-10/h7-8H,3-6H2,1-2H3. The fourth-order valence-electron chi connectivity index (χ4n) is 1.84. The molecule has 0 radical (unpaired) electrons. The number of carbonyl (C=O) groups is 1. The third-order valence-corrected chi connectivity index (χ3v) is 3.68. The first-order valence-electron chi connectivity index (χ1n) is 5.38. The quantitative estimate of drug-likeness (QED) is 0.733. The maximum Gasteiger partial charge on any atom is 0.273 e. The van der Waals surface area contributed by atoms with E-state index in [1.807, 2.05) is 17.2 Å². The number of hydrogen-bond donors (Lipinski definition) is 0.